The zero-order chi connectivity index (χ0) is 18.7. The number of rotatable bonds is 5. The van der Waals surface area contributed by atoms with E-state index in [0.29, 0.717) is 6.54 Å². The van der Waals surface area contributed by atoms with Crippen LogP contribution in [0.15, 0.2) is 24.3 Å². The van der Waals surface area contributed by atoms with Crippen LogP contribution < -0.4 is 5.32 Å². The molecule has 0 spiro atoms. The number of sulfone groups is 1. The van der Waals surface area contributed by atoms with Crippen molar-refractivity contribution in [3.63, 3.8) is 0 Å². The van der Waals surface area contributed by atoms with E-state index in [1.165, 1.54) is 0 Å². The van der Waals surface area contributed by atoms with Gasteiger partial charge in [-0.2, -0.15) is 0 Å². The molecule has 2 aliphatic heterocycles. The lowest BCUT2D eigenvalue weighted by molar-refractivity contribution is 0.0692. The second kappa shape index (κ2) is 7.96. The minimum absolute atomic E-state index is 0.0726. The second-order valence-corrected chi connectivity index (χ2v) is 9.55. The Morgan fingerprint density at radius 1 is 1.15 bits per heavy atom. The Bertz CT molecular complexity index is 750. The summed E-state index contributed by atoms with van der Waals surface area (Å²) in [6.07, 6.45) is 3.37. The highest BCUT2D eigenvalue weighted by Gasteiger charge is 2.47. The van der Waals surface area contributed by atoms with Crippen molar-refractivity contribution in [2.24, 2.45) is 0 Å². The number of unbranched alkanes of at least 4 members (excludes halogenated alkanes) is 2. The number of fused-ring (bicyclic) bond motifs is 1. The molecule has 7 heteroatoms. The number of benzene rings is 1. The fourth-order valence-electron chi connectivity index (χ4n) is 4.02. The normalized spacial score (nSPS) is 25.1. The van der Waals surface area contributed by atoms with Crippen LogP contribution in [0.5, 0.6) is 0 Å². The van der Waals surface area contributed by atoms with Crippen LogP contribution in [0.2, 0.25) is 0 Å². The summed E-state index contributed by atoms with van der Waals surface area (Å²) >= 11 is 0. The highest BCUT2D eigenvalue weighted by atomic mass is 32.2. The molecule has 0 aliphatic carbocycles. The summed E-state index contributed by atoms with van der Waals surface area (Å²) in [5.41, 5.74) is 1.77. The van der Waals surface area contributed by atoms with Crippen molar-refractivity contribution < 1.29 is 13.2 Å². The quantitative estimate of drug-likeness (QED) is 0.798. The maximum Gasteiger partial charge on any atom is 0.322 e. The molecule has 2 aliphatic rings. The lowest BCUT2D eigenvalue weighted by Crippen LogP contribution is -2.61. The van der Waals surface area contributed by atoms with E-state index >= 15 is 0 Å². The Hall–Kier alpha value is -1.60. The summed E-state index contributed by atoms with van der Waals surface area (Å²) in [6.45, 7) is 6.33. The number of hydrogen-bond donors (Lipinski definition) is 1. The van der Waals surface area contributed by atoms with Crippen molar-refractivity contribution in [1.82, 2.24) is 9.80 Å². The molecule has 1 aromatic carbocycles. The van der Waals surface area contributed by atoms with Gasteiger partial charge in [-0.15, -0.1) is 0 Å². The molecule has 0 radical (unpaired) electrons. The first-order valence-corrected chi connectivity index (χ1v) is 11.3. The van der Waals surface area contributed by atoms with E-state index in [9.17, 15) is 13.2 Å². The number of piperazine rings is 1. The van der Waals surface area contributed by atoms with Crippen molar-refractivity contribution >= 4 is 21.6 Å². The van der Waals surface area contributed by atoms with Crippen LogP contribution in [0.1, 0.15) is 31.7 Å². The van der Waals surface area contributed by atoms with Gasteiger partial charge in [0, 0.05) is 24.8 Å². The fraction of sp³-hybridized carbons (Fsp3) is 0.632. The molecule has 26 heavy (non-hydrogen) atoms. The molecular weight excluding hydrogens is 350 g/mol. The number of urea groups is 1. The van der Waals surface area contributed by atoms with E-state index < -0.39 is 9.84 Å². The Morgan fingerprint density at radius 3 is 2.62 bits per heavy atom. The molecule has 0 saturated carbocycles. The van der Waals surface area contributed by atoms with Crippen molar-refractivity contribution in [2.75, 3.05) is 36.5 Å². The Kier molecular flexibility index (Phi) is 5.87. The molecular formula is C19H29N3O3S. The van der Waals surface area contributed by atoms with E-state index in [4.69, 9.17) is 0 Å². The molecule has 2 amide bonds. The van der Waals surface area contributed by atoms with Crippen LogP contribution in [-0.2, 0) is 9.84 Å². The van der Waals surface area contributed by atoms with E-state index in [0.717, 1.165) is 43.6 Å². The van der Waals surface area contributed by atoms with Gasteiger partial charge in [0.15, 0.2) is 9.84 Å². The molecule has 6 nitrogen and oxygen atoms in total. The van der Waals surface area contributed by atoms with E-state index in [-0.39, 0.29) is 29.6 Å². The standard InChI is InChI=1S/C19H29N3O3S/c1-3-4-7-10-21-11-12-22(18-14-26(24,25)13-17(18)21)19(23)20-16-9-6-5-8-15(16)2/h5-6,8-9,17-18H,3-4,7,10-14H2,1-2H3,(H,20,23)/t17-,18+/m1/s1. The van der Waals surface area contributed by atoms with Gasteiger partial charge in [-0.05, 0) is 31.5 Å². The average molecular weight is 380 g/mol. The molecule has 0 bridgehead atoms. The van der Waals surface area contributed by atoms with E-state index in [1.54, 1.807) is 4.90 Å². The van der Waals surface area contributed by atoms with Gasteiger partial charge in [0.2, 0.25) is 0 Å². The molecule has 0 aromatic heterocycles. The molecule has 0 unspecified atom stereocenters. The smallest absolute Gasteiger partial charge is 0.318 e. The van der Waals surface area contributed by atoms with Crippen LogP contribution >= 0.6 is 0 Å². The molecule has 2 saturated heterocycles. The lowest BCUT2D eigenvalue weighted by Gasteiger charge is -2.43. The zero-order valence-corrected chi connectivity index (χ0v) is 16.5. The number of hydrogen-bond acceptors (Lipinski definition) is 4. The first kappa shape index (κ1) is 19.2. The largest absolute Gasteiger partial charge is 0.322 e. The van der Waals surface area contributed by atoms with Crippen LogP contribution in [0, 0.1) is 6.92 Å². The molecule has 1 N–H and O–H groups in total. The SMILES string of the molecule is CCCCCN1CCN(C(=O)Nc2ccccc2C)[C@H]2CS(=O)(=O)C[C@H]21. The lowest BCUT2D eigenvalue weighted by atomic mass is 10.0. The number of nitrogens with one attached hydrogen (secondary N) is 1. The Morgan fingerprint density at radius 2 is 1.88 bits per heavy atom. The van der Waals surface area contributed by atoms with Crippen LogP contribution in [0.3, 0.4) is 0 Å². The third kappa shape index (κ3) is 4.20. The number of carbonyl (C=O) groups excluding carboxylic acids is 1. The minimum Gasteiger partial charge on any atom is -0.318 e. The Labute approximate surface area is 156 Å². The summed E-state index contributed by atoms with van der Waals surface area (Å²) < 4.78 is 24.5. The molecule has 1 aromatic rings. The first-order valence-electron chi connectivity index (χ1n) is 9.49. The number of nitrogens with zero attached hydrogens (tertiary/aromatic N) is 2. The maximum atomic E-state index is 12.8. The topological polar surface area (TPSA) is 69.7 Å². The van der Waals surface area contributed by atoms with Gasteiger partial charge in [-0.3, -0.25) is 4.90 Å². The van der Waals surface area contributed by atoms with Gasteiger partial charge in [-0.1, -0.05) is 38.0 Å². The number of amides is 2. The number of para-hydroxylation sites is 1. The van der Waals surface area contributed by atoms with Gasteiger partial charge < -0.3 is 10.2 Å². The third-order valence-corrected chi connectivity index (χ3v) is 7.19. The van der Waals surface area contributed by atoms with Gasteiger partial charge in [0.05, 0.1) is 17.5 Å². The second-order valence-electron chi connectivity index (χ2n) is 7.39. The summed E-state index contributed by atoms with van der Waals surface area (Å²) in [6, 6.07) is 7.12. The third-order valence-electron chi connectivity index (χ3n) is 5.49. The molecule has 3 rings (SSSR count). The Balaban J connectivity index is 1.73. The number of aryl methyl sites for hydroxylation is 1. The van der Waals surface area contributed by atoms with E-state index in [2.05, 4.69) is 17.1 Å². The summed E-state index contributed by atoms with van der Waals surface area (Å²) in [5.74, 6) is 0.237. The summed E-state index contributed by atoms with van der Waals surface area (Å²) in [7, 11) is -3.10. The minimum atomic E-state index is -3.10. The van der Waals surface area contributed by atoms with Crippen LogP contribution in [0.4, 0.5) is 10.5 Å². The van der Waals surface area contributed by atoms with Crippen LogP contribution in [0.25, 0.3) is 0 Å². The van der Waals surface area contributed by atoms with Gasteiger partial charge >= 0.3 is 6.03 Å². The molecule has 2 heterocycles. The van der Waals surface area contributed by atoms with Crippen molar-refractivity contribution in [2.45, 2.75) is 45.2 Å². The molecule has 2 atom stereocenters. The molecule has 144 valence electrons. The predicted octanol–water partition coefficient (Wildman–Crippen LogP) is 2.50. The average Bonchev–Trinajstić information content (AvgIpc) is 2.92. The predicted molar refractivity (Wildman–Crippen MR) is 104 cm³/mol. The van der Waals surface area contributed by atoms with Crippen LogP contribution in [-0.4, -0.2) is 67.5 Å². The zero-order valence-electron chi connectivity index (χ0n) is 15.6. The van der Waals surface area contributed by atoms with Gasteiger partial charge in [0.1, 0.15) is 0 Å². The number of carbonyl (C=O) groups is 1. The monoisotopic (exact) mass is 379 g/mol. The highest BCUT2D eigenvalue weighted by molar-refractivity contribution is 7.91. The van der Waals surface area contributed by atoms with Crippen molar-refractivity contribution in [3.8, 4) is 0 Å². The summed E-state index contributed by atoms with van der Waals surface area (Å²) in [4.78, 5) is 16.9. The molecule has 2 fully saturated rings. The fourth-order valence-corrected chi connectivity index (χ4v) is 6.03. The first-order chi connectivity index (χ1) is 12.4. The maximum absolute atomic E-state index is 12.8. The van der Waals surface area contributed by atoms with Gasteiger partial charge in [-0.25, -0.2) is 13.2 Å². The van der Waals surface area contributed by atoms with Crippen molar-refractivity contribution in [1.29, 1.82) is 0 Å². The van der Waals surface area contributed by atoms with E-state index in [1.807, 2.05) is 31.2 Å². The van der Waals surface area contributed by atoms with Crippen molar-refractivity contribution in [3.05, 3.63) is 29.8 Å². The highest BCUT2D eigenvalue weighted by Crippen LogP contribution is 2.28. The van der Waals surface area contributed by atoms with Gasteiger partial charge in [0.25, 0.3) is 0 Å². The number of anilines is 1. The summed E-state index contributed by atoms with van der Waals surface area (Å²) in [5, 5.41) is 2.96.